The molecule has 0 amide bonds. The van der Waals surface area contributed by atoms with Crippen molar-refractivity contribution in [2.45, 2.75) is 26.6 Å². The van der Waals surface area contributed by atoms with Crippen LogP contribution in [0.4, 0.5) is 0 Å². The maximum atomic E-state index is 5.47. The molecule has 0 aromatic heterocycles. The molecule has 29 heavy (non-hydrogen) atoms. The minimum atomic E-state index is 0. The van der Waals surface area contributed by atoms with E-state index >= 15 is 0 Å². The number of guanidine groups is 1. The Bertz CT molecular complexity index is 773. The topological polar surface area (TPSA) is 40.1 Å². The van der Waals surface area contributed by atoms with Crippen molar-refractivity contribution in [3.05, 3.63) is 70.8 Å². The molecule has 1 fully saturated rings. The zero-order valence-electron chi connectivity index (χ0n) is 17.7. The molecule has 0 bridgehead atoms. The number of aliphatic imine (C=N–C) groups is 1. The number of aryl methyl sites for hydroxylation is 1. The van der Waals surface area contributed by atoms with Gasteiger partial charge in [-0.15, -0.1) is 24.0 Å². The van der Waals surface area contributed by atoms with E-state index in [0.29, 0.717) is 0 Å². The number of nitrogens with zero attached hydrogens (tertiary/aromatic N) is 3. The molecule has 5 nitrogen and oxygen atoms in total. The van der Waals surface area contributed by atoms with Gasteiger partial charge in [-0.05, 0) is 23.6 Å². The van der Waals surface area contributed by atoms with Crippen molar-refractivity contribution in [2.24, 2.45) is 4.99 Å². The first-order valence-electron chi connectivity index (χ1n) is 10.00. The van der Waals surface area contributed by atoms with Crippen molar-refractivity contribution in [1.82, 2.24) is 15.1 Å². The Morgan fingerprint density at radius 1 is 1.07 bits per heavy atom. The van der Waals surface area contributed by atoms with Crippen LogP contribution in [-0.2, 0) is 24.4 Å². The predicted octanol–water partition coefficient (Wildman–Crippen LogP) is 3.65. The van der Waals surface area contributed by atoms with Crippen LogP contribution in [0.1, 0.15) is 22.3 Å². The summed E-state index contributed by atoms with van der Waals surface area (Å²) in [5.74, 6) is 0.904. The molecule has 2 aromatic rings. The van der Waals surface area contributed by atoms with Crippen molar-refractivity contribution in [2.75, 3.05) is 40.4 Å². The van der Waals surface area contributed by atoms with Crippen molar-refractivity contribution in [3.8, 4) is 0 Å². The highest BCUT2D eigenvalue weighted by molar-refractivity contribution is 14.0. The maximum Gasteiger partial charge on any atom is 0.193 e. The SMILES string of the molecule is CN=C(NCc1ccccc1CN1CCOCC1)N(C)Cc1ccc(C)cc1.I. The van der Waals surface area contributed by atoms with E-state index in [-0.39, 0.29) is 24.0 Å². The third-order valence-corrected chi connectivity index (χ3v) is 5.17. The number of benzene rings is 2. The van der Waals surface area contributed by atoms with Crippen LogP contribution in [0.2, 0.25) is 0 Å². The minimum absolute atomic E-state index is 0. The lowest BCUT2D eigenvalue weighted by atomic mass is 10.1. The van der Waals surface area contributed by atoms with Gasteiger partial charge in [0.2, 0.25) is 0 Å². The fourth-order valence-electron chi connectivity index (χ4n) is 3.49. The molecule has 1 aliphatic heterocycles. The van der Waals surface area contributed by atoms with E-state index in [9.17, 15) is 0 Å². The normalized spacial score (nSPS) is 14.9. The zero-order chi connectivity index (χ0) is 19.8. The van der Waals surface area contributed by atoms with Crippen molar-refractivity contribution in [1.29, 1.82) is 0 Å². The van der Waals surface area contributed by atoms with Gasteiger partial charge in [-0.2, -0.15) is 0 Å². The van der Waals surface area contributed by atoms with Crippen molar-refractivity contribution >= 4 is 29.9 Å². The van der Waals surface area contributed by atoms with Crippen LogP contribution in [0.3, 0.4) is 0 Å². The van der Waals surface area contributed by atoms with E-state index in [0.717, 1.165) is 51.9 Å². The molecule has 0 aliphatic carbocycles. The molecule has 1 N–H and O–H groups in total. The molecule has 0 radical (unpaired) electrons. The number of hydrogen-bond acceptors (Lipinski definition) is 3. The van der Waals surface area contributed by atoms with Gasteiger partial charge in [-0.25, -0.2) is 0 Å². The fraction of sp³-hybridized carbons (Fsp3) is 0.435. The van der Waals surface area contributed by atoms with Crippen LogP contribution in [0.25, 0.3) is 0 Å². The molecule has 6 heteroatoms. The molecular formula is C23H33IN4O. The van der Waals surface area contributed by atoms with Gasteiger partial charge in [0.1, 0.15) is 0 Å². The summed E-state index contributed by atoms with van der Waals surface area (Å²) in [6.45, 7) is 8.35. The highest BCUT2D eigenvalue weighted by Crippen LogP contribution is 2.13. The van der Waals surface area contributed by atoms with E-state index in [1.54, 1.807) is 0 Å². The summed E-state index contributed by atoms with van der Waals surface area (Å²) in [4.78, 5) is 9.09. The van der Waals surface area contributed by atoms with Crippen LogP contribution in [0.15, 0.2) is 53.5 Å². The molecule has 3 rings (SSSR count). The third-order valence-electron chi connectivity index (χ3n) is 5.17. The van der Waals surface area contributed by atoms with Gasteiger partial charge in [0.25, 0.3) is 0 Å². The van der Waals surface area contributed by atoms with Gasteiger partial charge in [0.05, 0.1) is 13.2 Å². The molecular weight excluding hydrogens is 475 g/mol. The second kappa shape index (κ2) is 12.1. The van der Waals surface area contributed by atoms with Crippen molar-refractivity contribution in [3.63, 3.8) is 0 Å². The second-order valence-corrected chi connectivity index (χ2v) is 7.40. The first kappa shape index (κ1) is 23.6. The summed E-state index contributed by atoms with van der Waals surface area (Å²) in [5.41, 5.74) is 5.25. The lowest BCUT2D eigenvalue weighted by molar-refractivity contribution is 0.0341. The van der Waals surface area contributed by atoms with E-state index in [1.165, 1.54) is 22.3 Å². The van der Waals surface area contributed by atoms with Gasteiger partial charge in [0, 0.05) is 46.8 Å². The van der Waals surface area contributed by atoms with E-state index in [1.807, 2.05) is 7.05 Å². The summed E-state index contributed by atoms with van der Waals surface area (Å²) in [5, 5.41) is 3.53. The number of hydrogen-bond donors (Lipinski definition) is 1. The molecule has 1 heterocycles. The number of halogens is 1. The molecule has 158 valence electrons. The smallest absolute Gasteiger partial charge is 0.193 e. The Labute approximate surface area is 192 Å². The standard InChI is InChI=1S/C23H32N4O.HI/c1-19-8-10-20(11-9-19)17-26(3)23(24-2)25-16-21-6-4-5-7-22(21)18-27-12-14-28-15-13-27;/h4-11H,12-18H2,1-3H3,(H,24,25);1H. The Balaban J connectivity index is 0.00000300. The minimum Gasteiger partial charge on any atom is -0.379 e. The molecule has 0 saturated carbocycles. The average molecular weight is 508 g/mol. The highest BCUT2D eigenvalue weighted by Gasteiger charge is 2.13. The van der Waals surface area contributed by atoms with Crippen LogP contribution in [0, 0.1) is 6.92 Å². The number of nitrogens with one attached hydrogen (secondary N) is 1. The number of rotatable bonds is 6. The van der Waals surface area contributed by atoms with Crippen LogP contribution in [-0.4, -0.2) is 56.2 Å². The van der Waals surface area contributed by atoms with Gasteiger partial charge in [0.15, 0.2) is 5.96 Å². The molecule has 0 atom stereocenters. The summed E-state index contributed by atoms with van der Waals surface area (Å²) >= 11 is 0. The first-order chi connectivity index (χ1) is 13.7. The third kappa shape index (κ3) is 7.28. The van der Waals surface area contributed by atoms with Gasteiger partial charge >= 0.3 is 0 Å². The van der Waals surface area contributed by atoms with Gasteiger partial charge in [-0.3, -0.25) is 9.89 Å². The monoisotopic (exact) mass is 508 g/mol. The van der Waals surface area contributed by atoms with Gasteiger partial charge < -0.3 is 15.0 Å². The first-order valence-corrected chi connectivity index (χ1v) is 10.00. The molecule has 2 aromatic carbocycles. The number of morpholine rings is 1. The lowest BCUT2D eigenvalue weighted by Crippen LogP contribution is -2.38. The van der Waals surface area contributed by atoms with Crippen LogP contribution in [0.5, 0.6) is 0 Å². The summed E-state index contributed by atoms with van der Waals surface area (Å²) < 4.78 is 5.47. The van der Waals surface area contributed by atoms with Crippen LogP contribution < -0.4 is 5.32 Å². The summed E-state index contributed by atoms with van der Waals surface area (Å²) in [6, 6.07) is 17.3. The fourth-order valence-corrected chi connectivity index (χ4v) is 3.49. The quantitative estimate of drug-likeness (QED) is 0.368. The Morgan fingerprint density at radius 3 is 2.38 bits per heavy atom. The molecule has 1 aliphatic rings. The van der Waals surface area contributed by atoms with E-state index < -0.39 is 0 Å². The average Bonchev–Trinajstić information content (AvgIpc) is 2.72. The molecule has 1 saturated heterocycles. The summed E-state index contributed by atoms with van der Waals surface area (Å²) in [6.07, 6.45) is 0. The van der Waals surface area contributed by atoms with Crippen molar-refractivity contribution < 1.29 is 4.74 Å². The Kier molecular flexibility index (Phi) is 9.90. The second-order valence-electron chi connectivity index (χ2n) is 7.40. The maximum absolute atomic E-state index is 5.47. The van der Waals surface area contributed by atoms with E-state index in [2.05, 4.69) is 82.6 Å². The molecule has 0 spiro atoms. The molecule has 0 unspecified atom stereocenters. The van der Waals surface area contributed by atoms with E-state index in [4.69, 9.17) is 4.74 Å². The number of ether oxygens (including phenoxy) is 1. The summed E-state index contributed by atoms with van der Waals surface area (Å²) in [7, 11) is 3.92. The van der Waals surface area contributed by atoms with Crippen LogP contribution >= 0.6 is 24.0 Å². The Hall–Kier alpha value is -1.64. The predicted molar refractivity (Wildman–Crippen MR) is 131 cm³/mol. The Morgan fingerprint density at radius 2 is 1.72 bits per heavy atom. The zero-order valence-corrected chi connectivity index (χ0v) is 20.1. The largest absolute Gasteiger partial charge is 0.379 e. The lowest BCUT2D eigenvalue weighted by Gasteiger charge is -2.28. The highest BCUT2D eigenvalue weighted by atomic mass is 127. The van der Waals surface area contributed by atoms with Gasteiger partial charge in [-0.1, -0.05) is 54.1 Å².